The van der Waals surface area contributed by atoms with Crippen LogP contribution in [0, 0.1) is 0 Å². The molecular formula is C24H32ClN7O7. The van der Waals surface area contributed by atoms with Crippen molar-refractivity contribution in [1.29, 1.82) is 0 Å². The predicted molar refractivity (Wildman–Crippen MR) is 142 cm³/mol. The maximum absolute atomic E-state index is 11.6. The molecule has 1 saturated heterocycles. The number of carbonyl (C=O) groups is 2. The van der Waals surface area contributed by atoms with Crippen molar-refractivity contribution < 1.29 is 34.8 Å². The zero-order chi connectivity index (χ0) is 27.4. The number of rotatable bonds is 11. The van der Waals surface area contributed by atoms with Gasteiger partial charge in [-0.1, -0.05) is 31.2 Å². The van der Waals surface area contributed by atoms with Gasteiger partial charge in [-0.2, -0.15) is 9.97 Å². The van der Waals surface area contributed by atoms with E-state index in [4.69, 9.17) is 15.6 Å². The number of carboxylic acid groups (broad SMARTS) is 1. The van der Waals surface area contributed by atoms with Crippen molar-refractivity contribution in [2.75, 3.05) is 17.6 Å². The Morgan fingerprint density at radius 1 is 1.13 bits per heavy atom. The van der Waals surface area contributed by atoms with Gasteiger partial charge in [0, 0.05) is 19.4 Å². The average molecular weight is 566 g/mol. The van der Waals surface area contributed by atoms with Gasteiger partial charge in [-0.15, -0.1) is 12.4 Å². The molecule has 0 bridgehead atoms. The number of halogens is 1. The smallest absolute Gasteiger partial charge is 0.303 e. The van der Waals surface area contributed by atoms with Gasteiger partial charge in [0.25, 0.3) is 0 Å². The maximum atomic E-state index is 11.6. The summed E-state index contributed by atoms with van der Waals surface area (Å²) in [6, 6.07) is 7.67. The minimum absolute atomic E-state index is 0. The highest BCUT2D eigenvalue weighted by Crippen LogP contribution is 2.33. The normalized spacial score (nSPS) is 21.3. The van der Waals surface area contributed by atoms with Gasteiger partial charge in [-0.05, 0) is 24.0 Å². The summed E-state index contributed by atoms with van der Waals surface area (Å²) in [4.78, 5) is 35.2. The third-order valence-electron chi connectivity index (χ3n) is 6.29. The zero-order valence-electron chi connectivity index (χ0n) is 21.1. The van der Waals surface area contributed by atoms with E-state index in [-0.39, 0.29) is 48.2 Å². The number of fused-ring (bicyclic) bond motifs is 1. The number of nitrogen functional groups attached to an aromatic ring is 1. The number of nitrogens with one attached hydrogen (secondary N) is 2. The molecule has 1 aromatic carbocycles. The molecule has 0 aliphatic carbocycles. The Bertz CT molecular complexity index is 1290. The average Bonchev–Trinajstić information content (AvgIpc) is 3.44. The van der Waals surface area contributed by atoms with Crippen LogP contribution in [-0.4, -0.2) is 82.9 Å². The molecule has 3 heterocycles. The van der Waals surface area contributed by atoms with Gasteiger partial charge in [0.2, 0.25) is 11.9 Å². The first-order chi connectivity index (χ1) is 18.2. The summed E-state index contributed by atoms with van der Waals surface area (Å²) in [6.45, 7) is 2.08. The first-order valence-corrected chi connectivity index (χ1v) is 12.2. The van der Waals surface area contributed by atoms with Crippen molar-refractivity contribution >= 4 is 47.2 Å². The number of nitrogens with two attached hydrogens (primary N) is 1. The zero-order valence-corrected chi connectivity index (χ0v) is 21.9. The molecule has 0 unspecified atom stereocenters. The minimum Gasteiger partial charge on any atom is -0.481 e. The Kier molecular flexibility index (Phi) is 9.99. The molecule has 5 atom stereocenters. The van der Waals surface area contributed by atoms with Gasteiger partial charge in [0.05, 0.1) is 6.33 Å². The molecule has 1 aliphatic heterocycles. The van der Waals surface area contributed by atoms with E-state index in [0.29, 0.717) is 19.4 Å². The van der Waals surface area contributed by atoms with Crippen molar-refractivity contribution in [2.45, 2.75) is 63.4 Å². The molecule has 15 heteroatoms. The maximum Gasteiger partial charge on any atom is 0.303 e. The molecule has 2 aromatic heterocycles. The fourth-order valence-electron chi connectivity index (χ4n) is 4.17. The number of benzene rings is 1. The number of anilines is 2. The molecule has 3 aromatic rings. The molecule has 39 heavy (non-hydrogen) atoms. The highest BCUT2D eigenvalue weighted by Gasteiger charge is 2.47. The summed E-state index contributed by atoms with van der Waals surface area (Å²) in [5.74, 6) is -0.961. The molecule has 0 spiro atoms. The van der Waals surface area contributed by atoms with Crippen molar-refractivity contribution in [3.63, 3.8) is 0 Å². The van der Waals surface area contributed by atoms with Gasteiger partial charge in [-0.25, -0.2) is 4.98 Å². The number of carboxylic acids is 1. The SMILES string of the molecule is CCC(=O)N[C@H](O)[C@H]1O[C@@H](n2cnc3c(N)nc(NCCc4ccc(CCC(=O)O)cc4)nc32)[C@H](O)[C@@H]1O.Cl. The number of aliphatic hydroxyl groups is 3. The number of aliphatic hydroxyl groups excluding tert-OH is 3. The van der Waals surface area contributed by atoms with E-state index in [1.54, 1.807) is 6.92 Å². The largest absolute Gasteiger partial charge is 0.481 e. The van der Waals surface area contributed by atoms with Gasteiger partial charge in [0.15, 0.2) is 23.9 Å². The van der Waals surface area contributed by atoms with Crippen LogP contribution in [0.25, 0.3) is 11.2 Å². The number of aryl methyl sites for hydroxylation is 1. The van der Waals surface area contributed by atoms with E-state index in [1.807, 2.05) is 24.3 Å². The van der Waals surface area contributed by atoms with Gasteiger partial charge >= 0.3 is 5.97 Å². The summed E-state index contributed by atoms with van der Waals surface area (Å²) in [7, 11) is 0. The second-order valence-electron chi connectivity index (χ2n) is 8.98. The van der Waals surface area contributed by atoms with Crippen LogP contribution >= 0.6 is 12.4 Å². The first kappa shape index (κ1) is 30.0. The highest BCUT2D eigenvalue weighted by molar-refractivity contribution is 5.85. The summed E-state index contributed by atoms with van der Waals surface area (Å²) in [6.07, 6.45) is -4.25. The number of carbonyl (C=O) groups excluding carboxylic acids is 1. The number of amides is 1. The summed E-state index contributed by atoms with van der Waals surface area (Å²) in [5, 5.41) is 45.6. The molecule has 8 N–H and O–H groups in total. The van der Waals surface area contributed by atoms with Crippen LogP contribution in [0.5, 0.6) is 0 Å². The van der Waals surface area contributed by atoms with Gasteiger partial charge < -0.3 is 41.5 Å². The van der Waals surface area contributed by atoms with Crippen molar-refractivity contribution in [3.8, 4) is 0 Å². The van der Waals surface area contributed by atoms with E-state index in [1.165, 1.54) is 10.9 Å². The first-order valence-electron chi connectivity index (χ1n) is 12.2. The second kappa shape index (κ2) is 13.0. The number of ether oxygens (including phenoxy) is 1. The number of hydrogen-bond acceptors (Lipinski definition) is 11. The lowest BCUT2D eigenvalue weighted by Crippen LogP contribution is -2.48. The molecule has 1 amide bonds. The van der Waals surface area contributed by atoms with E-state index in [9.17, 15) is 24.9 Å². The second-order valence-corrected chi connectivity index (χ2v) is 8.98. The number of nitrogens with zero attached hydrogens (tertiary/aromatic N) is 4. The van der Waals surface area contributed by atoms with Gasteiger partial charge in [0.1, 0.15) is 23.8 Å². The Hall–Kier alpha value is -3.56. The van der Waals surface area contributed by atoms with Crippen LogP contribution in [0.4, 0.5) is 11.8 Å². The molecule has 4 rings (SSSR count). The highest BCUT2D eigenvalue weighted by atomic mass is 35.5. The molecule has 14 nitrogen and oxygen atoms in total. The molecule has 212 valence electrons. The Balaban J connectivity index is 0.00000420. The minimum atomic E-state index is -1.53. The molecule has 1 fully saturated rings. The van der Waals surface area contributed by atoms with Gasteiger partial charge in [-0.3, -0.25) is 14.2 Å². The quantitative estimate of drug-likeness (QED) is 0.152. The van der Waals surface area contributed by atoms with Crippen LogP contribution in [-0.2, 0) is 27.2 Å². The number of aliphatic carboxylic acids is 1. The standard InChI is InChI=1S/C24H31N7O7.ClH/c1-2-14(32)28-22(37)19-17(35)18(36)23(38-19)31-11-27-16-20(25)29-24(30-21(16)31)26-10-9-13-5-3-12(4-6-13)7-8-15(33)34;/h3-6,11,17-19,22-23,35-37H,2,7-10H2,1H3,(H,28,32)(H,33,34)(H3,25,26,29,30);1H/t17-,18+,19-,22+,23+;/m0./s1. The topological polar surface area (TPSA) is 218 Å². The summed E-state index contributed by atoms with van der Waals surface area (Å²) in [5.41, 5.74) is 8.57. The molecule has 1 aliphatic rings. The van der Waals surface area contributed by atoms with Crippen LogP contribution in [0.2, 0.25) is 0 Å². The monoisotopic (exact) mass is 565 g/mol. The molecular weight excluding hydrogens is 534 g/mol. The Labute approximate surface area is 229 Å². The van der Waals surface area contributed by atoms with E-state index in [0.717, 1.165) is 11.1 Å². The summed E-state index contributed by atoms with van der Waals surface area (Å²) < 4.78 is 7.09. The molecule has 0 radical (unpaired) electrons. The van der Waals surface area contributed by atoms with E-state index >= 15 is 0 Å². The Morgan fingerprint density at radius 2 is 1.79 bits per heavy atom. The predicted octanol–water partition coefficient (Wildman–Crippen LogP) is -0.0341. The van der Waals surface area contributed by atoms with E-state index < -0.39 is 42.6 Å². The lowest BCUT2D eigenvalue weighted by atomic mass is 10.1. The number of aromatic nitrogens is 4. The lowest BCUT2D eigenvalue weighted by Gasteiger charge is -2.21. The van der Waals surface area contributed by atoms with E-state index in [2.05, 4.69) is 25.6 Å². The fraction of sp³-hybridized carbons (Fsp3) is 0.458. The lowest BCUT2D eigenvalue weighted by molar-refractivity contribution is -0.137. The van der Waals surface area contributed by atoms with Crippen LogP contribution < -0.4 is 16.4 Å². The van der Waals surface area contributed by atoms with Crippen LogP contribution in [0.3, 0.4) is 0 Å². The number of hydrogen-bond donors (Lipinski definition) is 7. The van der Waals surface area contributed by atoms with Crippen LogP contribution in [0.15, 0.2) is 30.6 Å². The van der Waals surface area contributed by atoms with Crippen molar-refractivity contribution in [2.24, 2.45) is 0 Å². The Morgan fingerprint density at radius 3 is 2.44 bits per heavy atom. The fourth-order valence-corrected chi connectivity index (χ4v) is 4.17. The van der Waals surface area contributed by atoms with Crippen LogP contribution in [0.1, 0.15) is 37.1 Å². The third-order valence-corrected chi connectivity index (χ3v) is 6.29. The molecule has 0 saturated carbocycles. The summed E-state index contributed by atoms with van der Waals surface area (Å²) >= 11 is 0. The van der Waals surface area contributed by atoms with Crippen molar-refractivity contribution in [3.05, 3.63) is 41.7 Å². The third kappa shape index (κ3) is 6.91. The van der Waals surface area contributed by atoms with Crippen molar-refractivity contribution in [1.82, 2.24) is 24.8 Å². The number of imidazole rings is 1.